The van der Waals surface area contributed by atoms with Gasteiger partial charge >= 0.3 is 0 Å². The molecule has 0 bridgehead atoms. The Labute approximate surface area is 106 Å². The number of benzene rings is 1. The number of rotatable bonds is 5. The fourth-order valence-electron chi connectivity index (χ4n) is 2.62. The molecule has 0 aromatic heterocycles. The highest BCUT2D eigenvalue weighted by Crippen LogP contribution is 2.27. The Hall–Kier alpha value is -0.820. The minimum absolute atomic E-state index is 1.24. The summed E-state index contributed by atoms with van der Waals surface area (Å²) in [5, 5.41) is 0. The maximum absolute atomic E-state index is 2.62. The molecule has 0 amide bonds. The van der Waals surface area contributed by atoms with E-state index in [2.05, 4.69) is 42.2 Å². The summed E-state index contributed by atoms with van der Waals surface area (Å²) in [6.45, 7) is 4.79. The minimum Gasteiger partial charge on any atom is -0.292 e. The summed E-state index contributed by atoms with van der Waals surface area (Å²) in [5.74, 6) is 0. The lowest BCUT2D eigenvalue weighted by Gasteiger charge is -2.34. The third-order valence-electron chi connectivity index (χ3n) is 3.61. The van der Waals surface area contributed by atoms with Gasteiger partial charge in [-0.15, -0.1) is 0 Å². The van der Waals surface area contributed by atoms with Crippen LogP contribution in [-0.4, -0.2) is 18.0 Å². The van der Waals surface area contributed by atoms with Crippen molar-refractivity contribution in [2.24, 2.45) is 0 Å². The number of piperidine rings is 1. The molecule has 1 aromatic rings. The molecular weight excluding hydrogens is 206 g/mol. The Morgan fingerprint density at radius 3 is 2.41 bits per heavy atom. The van der Waals surface area contributed by atoms with Crippen LogP contribution in [0, 0.1) is 6.04 Å². The topological polar surface area (TPSA) is 3.24 Å². The zero-order valence-electron chi connectivity index (χ0n) is 11.0. The number of nitrogens with zero attached hydrogens (tertiary/aromatic N) is 1. The zero-order chi connectivity index (χ0) is 11.9. The molecule has 0 aliphatic carbocycles. The molecule has 1 heteroatoms. The normalized spacial score (nSPS) is 17.5. The van der Waals surface area contributed by atoms with Gasteiger partial charge in [0.1, 0.15) is 0 Å². The predicted molar refractivity (Wildman–Crippen MR) is 73.7 cm³/mol. The predicted octanol–water partition coefficient (Wildman–Crippen LogP) is 4.24. The molecule has 1 heterocycles. The van der Waals surface area contributed by atoms with Crippen LogP contribution in [0.1, 0.15) is 51.0 Å². The molecule has 0 saturated carbocycles. The standard InChI is InChI=1S/C16H24N/c1-2-3-12-16(15-10-6-4-7-11-15)17-13-8-5-9-14-17/h4,6-7,10-11H,2-3,5,8-9,12-14H2,1H3. The van der Waals surface area contributed by atoms with Crippen LogP contribution in [-0.2, 0) is 0 Å². The first-order valence-electron chi connectivity index (χ1n) is 7.08. The van der Waals surface area contributed by atoms with Crippen LogP contribution in [0.3, 0.4) is 0 Å². The number of unbranched alkanes of at least 4 members (excludes halogenated alkanes) is 1. The van der Waals surface area contributed by atoms with Gasteiger partial charge in [0.25, 0.3) is 0 Å². The van der Waals surface area contributed by atoms with Crippen LogP contribution >= 0.6 is 0 Å². The molecule has 1 aliphatic rings. The van der Waals surface area contributed by atoms with Crippen molar-refractivity contribution in [3.63, 3.8) is 0 Å². The van der Waals surface area contributed by atoms with Gasteiger partial charge in [0.05, 0.1) is 6.04 Å². The monoisotopic (exact) mass is 230 g/mol. The molecule has 2 rings (SSSR count). The van der Waals surface area contributed by atoms with Crippen molar-refractivity contribution in [3.8, 4) is 0 Å². The van der Waals surface area contributed by atoms with E-state index in [1.807, 2.05) is 0 Å². The SMILES string of the molecule is CCCC[C](c1ccccc1)N1CCCCC1. The largest absolute Gasteiger partial charge is 0.292 e. The van der Waals surface area contributed by atoms with Crippen LogP contribution in [0.25, 0.3) is 0 Å². The number of hydrogen-bond acceptors (Lipinski definition) is 1. The van der Waals surface area contributed by atoms with Crippen LogP contribution in [0.5, 0.6) is 0 Å². The quantitative estimate of drug-likeness (QED) is 0.731. The Balaban J connectivity index is 2.06. The van der Waals surface area contributed by atoms with Crippen LogP contribution in [0.15, 0.2) is 30.3 Å². The molecule has 1 fully saturated rings. The molecule has 1 saturated heterocycles. The van der Waals surface area contributed by atoms with Crippen molar-refractivity contribution >= 4 is 0 Å². The molecule has 0 atom stereocenters. The molecule has 0 unspecified atom stereocenters. The maximum Gasteiger partial charge on any atom is 0.0688 e. The Morgan fingerprint density at radius 1 is 1.06 bits per heavy atom. The van der Waals surface area contributed by atoms with Crippen molar-refractivity contribution in [3.05, 3.63) is 41.9 Å². The maximum atomic E-state index is 2.62. The lowest BCUT2D eigenvalue weighted by atomic mass is 9.97. The summed E-state index contributed by atoms with van der Waals surface area (Å²) in [6.07, 6.45) is 7.96. The summed E-state index contributed by atoms with van der Waals surface area (Å²) >= 11 is 0. The molecule has 1 aliphatic heterocycles. The average molecular weight is 230 g/mol. The van der Waals surface area contributed by atoms with Gasteiger partial charge in [-0.3, -0.25) is 4.90 Å². The fraction of sp³-hybridized carbons (Fsp3) is 0.562. The first-order valence-corrected chi connectivity index (χ1v) is 7.08. The summed E-state index contributed by atoms with van der Waals surface area (Å²) in [7, 11) is 0. The third-order valence-corrected chi connectivity index (χ3v) is 3.61. The summed E-state index contributed by atoms with van der Waals surface area (Å²) < 4.78 is 0. The minimum atomic E-state index is 1.24. The van der Waals surface area contributed by atoms with Crippen molar-refractivity contribution in [1.29, 1.82) is 0 Å². The lowest BCUT2D eigenvalue weighted by molar-refractivity contribution is 0.238. The van der Waals surface area contributed by atoms with Crippen LogP contribution < -0.4 is 0 Å². The third kappa shape index (κ3) is 3.57. The van der Waals surface area contributed by atoms with Crippen LogP contribution in [0.4, 0.5) is 0 Å². The van der Waals surface area contributed by atoms with Gasteiger partial charge in [0.2, 0.25) is 0 Å². The molecule has 0 N–H and O–H groups in total. The van der Waals surface area contributed by atoms with Gasteiger partial charge in [-0.25, -0.2) is 0 Å². The summed E-state index contributed by atoms with van der Waals surface area (Å²) in [5.41, 5.74) is 1.43. The number of likely N-dealkylation sites (tertiary alicyclic amines) is 1. The van der Waals surface area contributed by atoms with Crippen molar-refractivity contribution in [2.45, 2.75) is 45.4 Å². The van der Waals surface area contributed by atoms with Crippen molar-refractivity contribution in [2.75, 3.05) is 13.1 Å². The average Bonchev–Trinajstić information content (AvgIpc) is 2.42. The highest BCUT2D eigenvalue weighted by molar-refractivity contribution is 5.29. The van der Waals surface area contributed by atoms with Gasteiger partial charge in [0, 0.05) is 0 Å². The lowest BCUT2D eigenvalue weighted by Crippen LogP contribution is -2.34. The van der Waals surface area contributed by atoms with E-state index in [4.69, 9.17) is 0 Å². The highest BCUT2D eigenvalue weighted by Gasteiger charge is 2.22. The Bertz CT molecular complexity index is 301. The van der Waals surface area contributed by atoms with E-state index in [0.717, 1.165) is 0 Å². The van der Waals surface area contributed by atoms with Gasteiger partial charge in [0.15, 0.2) is 0 Å². The first kappa shape index (κ1) is 12.6. The van der Waals surface area contributed by atoms with Gasteiger partial charge in [-0.1, -0.05) is 56.5 Å². The highest BCUT2D eigenvalue weighted by atomic mass is 15.2. The Morgan fingerprint density at radius 2 is 1.76 bits per heavy atom. The van der Waals surface area contributed by atoms with Gasteiger partial charge in [-0.2, -0.15) is 0 Å². The molecular formula is C16H24N. The van der Waals surface area contributed by atoms with Crippen LogP contribution in [0.2, 0.25) is 0 Å². The second-order valence-corrected chi connectivity index (χ2v) is 4.96. The van der Waals surface area contributed by atoms with E-state index in [9.17, 15) is 0 Å². The molecule has 0 spiro atoms. The molecule has 1 radical (unpaired) electrons. The van der Waals surface area contributed by atoms with E-state index >= 15 is 0 Å². The molecule has 1 aromatic carbocycles. The zero-order valence-corrected chi connectivity index (χ0v) is 11.0. The molecule has 93 valence electrons. The molecule has 17 heavy (non-hydrogen) atoms. The van der Waals surface area contributed by atoms with E-state index in [1.165, 1.54) is 57.2 Å². The van der Waals surface area contributed by atoms with E-state index in [1.54, 1.807) is 6.04 Å². The van der Waals surface area contributed by atoms with E-state index in [0.29, 0.717) is 0 Å². The fourth-order valence-corrected chi connectivity index (χ4v) is 2.62. The number of hydrogen-bond donors (Lipinski definition) is 0. The summed E-state index contributed by atoms with van der Waals surface area (Å²) in [4.78, 5) is 2.62. The molecule has 1 nitrogen and oxygen atoms in total. The van der Waals surface area contributed by atoms with Gasteiger partial charge < -0.3 is 0 Å². The van der Waals surface area contributed by atoms with Crippen molar-refractivity contribution < 1.29 is 0 Å². The smallest absolute Gasteiger partial charge is 0.0688 e. The first-order chi connectivity index (χ1) is 8.42. The Kier molecular flexibility index (Phi) is 5.06. The second-order valence-electron chi connectivity index (χ2n) is 4.96. The second kappa shape index (κ2) is 6.80. The summed E-state index contributed by atoms with van der Waals surface area (Å²) in [6, 6.07) is 12.5. The van der Waals surface area contributed by atoms with Crippen molar-refractivity contribution in [1.82, 2.24) is 4.90 Å². The van der Waals surface area contributed by atoms with E-state index < -0.39 is 0 Å². The van der Waals surface area contributed by atoms with E-state index in [-0.39, 0.29) is 0 Å². The van der Waals surface area contributed by atoms with Gasteiger partial charge in [-0.05, 0) is 37.9 Å².